The second kappa shape index (κ2) is 6.34. The molecule has 0 fully saturated rings. The summed E-state index contributed by atoms with van der Waals surface area (Å²) in [5.41, 5.74) is 1.10. The molecule has 0 aromatic carbocycles. The number of hydrogen-bond acceptors (Lipinski definition) is 5. The van der Waals surface area contributed by atoms with Crippen molar-refractivity contribution in [3.05, 3.63) is 11.4 Å². The number of ether oxygens (including phenoxy) is 2. The van der Waals surface area contributed by atoms with Crippen molar-refractivity contribution in [1.29, 1.82) is 0 Å². The summed E-state index contributed by atoms with van der Waals surface area (Å²) in [4.78, 5) is 11.7. The van der Waals surface area contributed by atoms with Gasteiger partial charge in [0.05, 0.1) is 25.5 Å². The smallest absolute Gasteiger partial charge is 0.360 e. The highest BCUT2D eigenvalue weighted by atomic mass is 16.5. The van der Waals surface area contributed by atoms with Gasteiger partial charge in [0.15, 0.2) is 5.69 Å². The summed E-state index contributed by atoms with van der Waals surface area (Å²) < 4.78 is 11.6. The number of carbonyl (C=O) groups is 1. The van der Waals surface area contributed by atoms with Crippen LogP contribution in [-0.4, -0.2) is 41.3 Å². The fraction of sp³-hybridized carbons (Fsp3) is 0.727. The number of esters is 1. The van der Waals surface area contributed by atoms with Gasteiger partial charge >= 0.3 is 5.97 Å². The lowest BCUT2D eigenvalue weighted by atomic mass is 10.1. The lowest BCUT2D eigenvalue weighted by molar-refractivity contribution is 0.0517. The summed E-state index contributed by atoms with van der Waals surface area (Å²) in [5.74, 6) is -0.263. The third-order valence-corrected chi connectivity index (χ3v) is 2.30. The average molecular weight is 241 g/mol. The molecule has 1 rings (SSSR count). The van der Waals surface area contributed by atoms with E-state index in [1.54, 1.807) is 18.7 Å². The molecule has 17 heavy (non-hydrogen) atoms. The minimum absolute atomic E-state index is 0.154. The molecule has 6 heteroatoms. The highest BCUT2D eigenvalue weighted by Gasteiger charge is 2.22. The number of aromatic nitrogens is 3. The Morgan fingerprint density at radius 1 is 1.47 bits per heavy atom. The van der Waals surface area contributed by atoms with E-state index in [1.165, 1.54) is 0 Å². The maximum Gasteiger partial charge on any atom is 0.360 e. The molecule has 0 bridgehead atoms. The molecule has 0 aliphatic heterocycles. The first-order chi connectivity index (χ1) is 8.11. The molecule has 0 radical (unpaired) electrons. The van der Waals surface area contributed by atoms with Gasteiger partial charge in [0.1, 0.15) is 0 Å². The summed E-state index contributed by atoms with van der Waals surface area (Å²) in [6.07, 6.45) is 0. The van der Waals surface area contributed by atoms with Crippen LogP contribution < -0.4 is 0 Å². The topological polar surface area (TPSA) is 66.2 Å². The van der Waals surface area contributed by atoms with Crippen LogP contribution in [0.25, 0.3) is 0 Å². The maximum atomic E-state index is 11.7. The van der Waals surface area contributed by atoms with Gasteiger partial charge in [-0.25, -0.2) is 9.48 Å². The molecule has 96 valence electrons. The van der Waals surface area contributed by atoms with Crippen molar-refractivity contribution in [2.75, 3.05) is 20.3 Å². The Hall–Kier alpha value is -1.43. The Morgan fingerprint density at radius 2 is 2.18 bits per heavy atom. The van der Waals surface area contributed by atoms with Crippen LogP contribution in [0.2, 0.25) is 0 Å². The van der Waals surface area contributed by atoms with Gasteiger partial charge in [0.2, 0.25) is 0 Å². The standard InChI is InChI=1S/C11H19N3O3/c1-5-17-11(15)9-10(8(2)3)14(13-12-9)6-7-16-4/h8H,5-7H2,1-4H3. The number of carbonyl (C=O) groups excluding carboxylic acids is 1. The van der Waals surface area contributed by atoms with Gasteiger partial charge in [-0.15, -0.1) is 5.10 Å². The monoisotopic (exact) mass is 241 g/mol. The molecule has 0 saturated heterocycles. The van der Waals surface area contributed by atoms with E-state index in [2.05, 4.69) is 10.3 Å². The first-order valence-corrected chi connectivity index (χ1v) is 5.71. The Bertz CT molecular complexity index is 374. The second-order valence-electron chi connectivity index (χ2n) is 3.91. The summed E-state index contributed by atoms with van der Waals surface area (Å²) in [5, 5.41) is 7.86. The van der Waals surface area contributed by atoms with Crippen LogP contribution in [0.15, 0.2) is 0 Å². The summed E-state index contributed by atoms with van der Waals surface area (Å²) in [6.45, 7) is 7.20. The molecule has 0 amide bonds. The Balaban J connectivity index is 2.97. The first kappa shape index (κ1) is 13.6. The van der Waals surface area contributed by atoms with Crippen LogP contribution in [-0.2, 0) is 16.0 Å². The molecule has 1 aromatic heterocycles. The molecule has 0 N–H and O–H groups in total. The number of methoxy groups -OCH3 is 1. The predicted octanol–water partition coefficient (Wildman–Crippen LogP) is 1.22. The highest BCUT2D eigenvalue weighted by Crippen LogP contribution is 2.18. The number of hydrogen-bond donors (Lipinski definition) is 0. The minimum Gasteiger partial charge on any atom is -0.461 e. The summed E-state index contributed by atoms with van der Waals surface area (Å²) in [6, 6.07) is 0. The predicted molar refractivity (Wildman–Crippen MR) is 61.9 cm³/mol. The van der Waals surface area contributed by atoms with E-state index in [0.717, 1.165) is 5.69 Å². The lowest BCUT2D eigenvalue weighted by Gasteiger charge is -2.10. The van der Waals surface area contributed by atoms with E-state index in [1.807, 2.05) is 13.8 Å². The molecule has 1 heterocycles. The van der Waals surface area contributed by atoms with Gasteiger partial charge < -0.3 is 9.47 Å². The van der Waals surface area contributed by atoms with E-state index in [4.69, 9.17) is 9.47 Å². The van der Waals surface area contributed by atoms with Crippen molar-refractivity contribution in [1.82, 2.24) is 15.0 Å². The third kappa shape index (κ3) is 3.26. The summed E-state index contributed by atoms with van der Waals surface area (Å²) in [7, 11) is 1.62. The van der Waals surface area contributed by atoms with Gasteiger partial charge in [0.25, 0.3) is 0 Å². The van der Waals surface area contributed by atoms with Crippen molar-refractivity contribution < 1.29 is 14.3 Å². The van der Waals surface area contributed by atoms with Crippen LogP contribution in [0.4, 0.5) is 0 Å². The van der Waals surface area contributed by atoms with Crippen LogP contribution in [0.3, 0.4) is 0 Å². The molecule has 0 saturated carbocycles. The third-order valence-electron chi connectivity index (χ3n) is 2.30. The Labute approximate surface area is 101 Å². The van der Waals surface area contributed by atoms with Crippen molar-refractivity contribution in [3.63, 3.8) is 0 Å². The molecule has 0 unspecified atom stereocenters. The van der Waals surface area contributed by atoms with Gasteiger partial charge in [-0.05, 0) is 12.8 Å². The fourth-order valence-corrected chi connectivity index (χ4v) is 1.58. The van der Waals surface area contributed by atoms with E-state index < -0.39 is 5.97 Å². The van der Waals surface area contributed by atoms with Crippen LogP contribution in [0.1, 0.15) is 42.9 Å². The molecule has 0 aliphatic carbocycles. The lowest BCUT2D eigenvalue weighted by Crippen LogP contribution is -2.14. The van der Waals surface area contributed by atoms with Crippen LogP contribution in [0.5, 0.6) is 0 Å². The summed E-state index contributed by atoms with van der Waals surface area (Å²) >= 11 is 0. The van der Waals surface area contributed by atoms with E-state index >= 15 is 0 Å². The highest BCUT2D eigenvalue weighted by molar-refractivity contribution is 5.88. The first-order valence-electron chi connectivity index (χ1n) is 5.71. The Morgan fingerprint density at radius 3 is 2.71 bits per heavy atom. The van der Waals surface area contributed by atoms with Crippen LogP contribution >= 0.6 is 0 Å². The van der Waals surface area contributed by atoms with E-state index in [9.17, 15) is 4.79 Å². The van der Waals surface area contributed by atoms with Crippen molar-refractivity contribution in [2.24, 2.45) is 0 Å². The average Bonchev–Trinajstić information content (AvgIpc) is 2.70. The van der Waals surface area contributed by atoms with Crippen molar-refractivity contribution in [2.45, 2.75) is 33.2 Å². The van der Waals surface area contributed by atoms with Gasteiger partial charge in [-0.3, -0.25) is 0 Å². The second-order valence-corrected chi connectivity index (χ2v) is 3.91. The van der Waals surface area contributed by atoms with Gasteiger partial charge in [-0.2, -0.15) is 0 Å². The quantitative estimate of drug-likeness (QED) is 0.701. The minimum atomic E-state index is -0.417. The zero-order valence-corrected chi connectivity index (χ0v) is 10.8. The van der Waals surface area contributed by atoms with E-state index in [0.29, 0.717) is 25.5 Å². The zero-order valence-electron chi connectivity index (χ0n) is 10.8. The normalized spacial score (nSPS) is 10.9. The molecule has 0 atom stereocenters. The molecule has 0 spiro atoms. The zero-order chi connectivity index (χ0) is 12.8. The van der Waals surface area contributed by atoms with Gasteiger partial charge in [-0.1, -0.05) is 19.1 Å². The molecule has 6 nitrogen and oxygen atoms in total. The van der Waals surface area contributed by atoms with Crippen LogP contribution in [0, 0.1) is 0 Å². The maximum absolute atomic E-state index is 11.7. The number of rotatable bonds is 6. The fourth-order valence-electron chi connectivity index (χ4n) is 1.58. The van der Waals surface area contributed by atoms with Crippen molar-refractivity contribution >= 4 is 5.97 Å². The molecule has 1 aromatic rings. The van der Waals surface area contributed by atoms with Gasteiger partial charge in [0, 0.05) is 7.11 Å². The molecule has 0 aliphatic rings. The van der Waals surface area contributed by atoms with E-state index in [-0.39, 0.29) is 5.92 Å². The van der Waals surface area contributed by atoms with Crippen molar-refractivity contribution in [3.8, 4) is 0 Å². The largest absolute Gasteiger partial charge is 0.461 e. The number of nitrogens with zero attached hydrogens (tertiary/aromatic N) is 3. The molecular formula is C11H19N3O3. The molecular weight excluding hydrogens is 222 g/mol. The SMILES string of the molecule is CCOC(=O)c1nnn(CCOC)c1C(C)C. The Kier molecular flexibility index (Phi) is 5.09.